The monoisotopic (exact) mass is 373 g/mol. The summed E-state index contributed by atoms with van der Waals surface area (Å²) in [5.74, 6) is 0.545. The van der Waals surface area contributed by atoms with Gasteiger partial charge in [0.25, 0.3) is 0 Å². The van der Waals surface area contributed by atoms with Crippen molar-refractivity contribution in [1.29, 1.82) is 0 Å². The SMILES string of the molecule is Cc1c(OCC(O)CN(C)C)cc2c(=O)c3ccccc3[s+]([O-])c2c1C. The van der Waals surface area contributed by atoms with E-state index in [-0.39, 0.29) is 12.0 Å². The maximum absolute atomic E-state index is 13.0. The Morgan fingerprint density at radius 2 is 1.88 bits per heavy atom. The molecule has 0 saturated heterocycles. The first-order chi connectivity index (χ1) is 12.3. The number of nitrogens with zero attached hydrogens (tertiary/aromatic N) is 1. The Bertz CT molecular complexity index is 1030. The van der Waals surface area contributed by atoms with Gasteiger partial charge in [-0.1, -0.05) is 12.1 Å². The van der Waals surface area contributed by atoms with Gasteiger partial charge in [-0.05, 0) is 62.5 Å². The zero-order chi connectivity index (χ0) is 19.0. The number of fused-ring (bicyclic) bond motifs is 2. The van der Waals surface area contributed by atoms with Gasteiger partial charge < -0.3 is 19.3 Å². The molecule has 0 aliphatic rings. The Morgan fingerprint density at radius 1 is 1.19 bits per heavy atom. The van der Waals surface area contributed by atoms with Crippen molar-refractivity contribution in [3.63, 3.8) is 0 Å². The van der Waals surface area contributed by atoms with Crippen LogP contribution in [0.3, 0.4) is 0 Å². The number of hydrogen-bond acceptors (Lipinski definition) is 5. The molecule has 2 atom stereocenters. The molecule has 0 saturated carbocycles. The smallest absolute Gasteiger partial charge is 0.204 e. The zero-order valence-electron chi connectivity index (χ0n) is 15.4. The lowest BCUT2D eigenvalue weighted by Gasteiger charge is -2.18. The average Bonchev–Trinajstić information content (AvgIpc) is 2.60. The Kier molecular flexibility index (Phi) is 5.29. The fraction of sp³-hybridized carbons (Fsp3) is 0.350. The Hall–Kier alpha value is -1.99. The van der Waals surface area contributed by atoms with Crippen molar-refractivity contribution in [3.05, 3.63) is 51.7 Å². The lowest BCUT2D eigenvalue weighted by molar-refractivity contribution is 0.0828. The van der Waals surface area contributed by atoms with Gasteiger partial charge in [0.05, 0.1) is 10.8 Å². The highest BCUT2D eigenvalue weighted by Crippen LogP contribution is 2.38. The van der Waals surface area contributed by atoms with Crippen molar-refractivity contribution in [2.45, 2.75) is 20.0 Å². The molecule has 0 amide bonds. The van der Waals surface area contributed by atoms with Crippen LogP contribution in [0.15, 0.2) is 35.1 Å². The fourth-order valence-corrected chi connectivity index (χ4v) is 4.72. The standard InChI is InChI=1S/C20H23NO4S/c1-12-13(2)20-16(9-17(12)25-11-14(22)10-21(3)4)19(23)15-7-5-6-8-18(15)26(20)24/h5-9,14,22H,10-11H2,1-4H3. The summed E-state index contributed by atoms with van der Waals surface area (Å²) in [5.41, 5.74) is 1.49. The van der Waals surface area contributed by atoms with Gasteiger partial charge in [-0.3, -0.25) is 4.79 Å². The molecule has 0 aliphatic carbocycles. The molecule has 0 aliphatic heterocycles. The van der Waals surface area contributed by atoms with Crippen molar-refractivity contribution >= 4 is 30.9 Å². The summed E-state index contributed by atoms with van der Waals surface area (Å²) in [6.07, 6.45) is -0.633. The molecule has 6 heteroatoms. The minimum absolute atomic E-state index is 0.130. The highest BCUT2D eigenvalue weighted by atomic mass is 32.2. The normalized spacial score (nSPS) is 13.6. The highest BCUT2D eigenvalue weighted by Gasteiger charge is 2.21. The number of aliphatic hydroxyl groups excluding tert-OH is 1. The van der Waals surface area contributed by atoms with E-state index in [2.05, 4.69) is 0 Å². The summed E-state index contributed by atoms with van der Waals surface area (Å²) in [5, 5.41) is 10.9. The first-order valence-corrected chi connectivity index (χ1v) is 9.61. The van der Waals surface area contributed by atoms with Gasteiger partial charge in [-0.2, -0.15) is 0 Å². The molecule has 26 heavy (non-hydrogen) atoms. The van der Waals surface area contributed by atoms with Gasteiger partial charge in [0.1, 0.15) is 18.5 Å². The van der Waals surface area contributed by atoms with Gasteiger partial charge in [0.15, 0.2) is 9.40 Å². The van der Waals surface area contributed by atoms with Gasteiger partial charge in [0.2, 0.25) is 5.43 Å². The van der Waals surface area contributed by atoms with Crippen molar-refractivity contribution in [3.8, 4) is 5.75 Å². The number of aliphatic hydroxyl groups is 1. The number of hydrogen-bond donors (Lipinski definition) is 1. The van der Waals surface area contributed by atoms with Crippen molar-refractivity contribution in [2.75, 3.05) is 27.2 Å². The minimum atomic E-state index is -1.39. The third-order valence-corrected chi connectivity index (χ3v) is 6.21. The molecule has 2 aromatic carbocycles. The van der Waals surface area contributed by atoms with Crippen LogP contribution in [0.2, 0.25) is 0 Å². The molecule has 0 bridgehead atoms. The largest absolute Gasteiger partial charge is 0.590 e. The van der Waals surface area contributed by atoms with Crippen LogP contribution >= 0.6 is 10.8 Å². The molecule has 0 fully saturated rings. The third-order valence-electron chi connectivity index (χ3n) is 4.56. The van der Waals surface area contributed by atoms with E-state index in [0.29, 0.717) is 32.5 Å². The molecule has 3 aromatic rings. The molecule has 1 heterocycles. The number of likely N-dealkylation sites (N-methyl/N-ethyl adjacent to an activating group) is 1. The van der Waals surface area contributed by atoms with E-state index < -0.39 is 16.9 Å². The molecular weight excluding hydrogens is 350 g/mol. The first kappa shape index (κ1) is 18.8. The summed E-state index contributed by atoms with van der Waals surface area (Å²) in [4.78, 5) is 14.8. The molecular formula is C20H23NO4S. The topological polar surface area (TPSA) is 72.8 Å². The van der Waals surface area contributed by atoms with Gasteiger partial charge >= 0.3 is 0 Å². The van der Waals surface area contributed by atoms with Crippen LogP contribution in [0.4, 0.5) is 0 Å². The zero-order valence-corrected chi connectivity index (χ0v) is 16.2. The predicted octanol–water partition coefficient (Wildman–Crippen LogP) is 3.00. The number of rotatable bonds is 5. The van der Waals surface area contributed by atoms with Crippen LogP contribution in [-0.2, 0) is 0 Å². The maximum Gasteiger partial charge on any atom is 0.204 e. The average molecular weight is 373 g/mol. The quantitative estimate of drug-likeness (QED) is 0.550. The van der Waals surface area contributed by atoms with E-state index in [4.69, 9.17) is 4.74 Å². The van der Waals surface area contributed by atoms with Gasteiger partial charge in [-0.25, -0.2) is 0 Å². The summed E-state index contributed by atoms with van der Waals surface area (Å²) >= 11 is 0. The van der Waals surface area contributed by atoms with E-state index in [1.165, 1.54) is 0 Å². The lowest BCUT2D eigenvalue weighted by Crippen LogP contribution is -2.30. The van der Waals surface area contributed by atoms with E-state index >= 15 is 0 Å². The van der Waals surface area contributed by atoms with Gasteiger partial charge in [-0.15, -0.1) is 0 Å². The van der Waals surface area contributed by atoms with Crippen LogP contribution in [0, 0.1) is 13.8 Å². The number of benzene rings is 2. The van der Waals surface area contributed by atoms with Crippen LogP contribution in [-0.4, -0.2) is 47.9 Å². The molecule has 0 radical (unpaired) electrons. The number of ether oxygens (including phenoxy) is 1. The van der Waals surface area contributed by atoms with Crippen LogP contribution in [0.25, 0.3) is 20.2 Å². The molecule has 138 valence electrons. The second kappa shape index (κ2) is 7.32. The Labute approximate surface area is 155 Å². The van der Waals surface area contributed by atoms with Crippen LogP contribution in [0.1, 0.15) is 11.1 Å². The van der Waals surface area contributed by atoms with Crippen molar-refractivity contribution in [1.82, 2.24) is 4.90 Å². The molecule has 3 rings (SSSR count). The second-order valence-electron chi connectivity index (χ2n) is 6.82. The Morgan fingerprint density at radius 3 is 2.58 bits per heavy atom. The fourth-order valence-electron chi connectivity index (χ4n) is 3.15. The van der Waals surface area contributed by atoms with Crippen molar-refractivity contribution in [2.24, 2.45) is 0 Å². The molecule has 5 nitrogen and oxygen atoms in total. The summed E-state index contributed by atoms with van der Waals surface area (Å²) < 4.78 is 19.9. The summed E-state index contributed by atoms with van der Waals surface area (Å²) in [6, 6.07) is 8.67. The number of aryl methyl sites for hydroxylation is 1. The van der Waals surface area contributed by atoms with Gasteiger partial charge in [0, 0.05) is 12.1 Å². The Balaban J connectivity index is 2.13. The minimum Gasteiger partial charge on any atom is -0.590 e. The summed E-state index contributed by atoms with van der Waals surface area (Å²) in [6.45, 7) is 4.35. The van der Waals surface area contributed by atoms with Crippen LogP contribution < -0.4 is 10.2 Å². The second-order valence-corrected chi connectivity index (χ2v) is 8.21. The molecule has 2 unspecified atom stereocenters. The first-order valence-electron chi connectivity index (χ1n) is 8.46. The molecule has 1 N–H and O–H groups in total. The molecule has 1 aromatic heterocycles. The highest BCUT2D eigenvalue weighted by molar-refractivity contribution is 7.36. The third kappa shape index (κ3) is 3.33. The molecule has 0 spiro atoms. The van der Waals surface area contributed by atoms with E-state index in [1.54, 1.807) is 30.3 Å². The predicted molar refractivity (Wildman–Crippen MR) is 106 cm³/mol. The maximum atomic E-state index is 13.0. The van der Waals surface area contributed by atoms with E-state index in [1.807, 2.05) is 32.8 Å². The van der Waals surface area contributed by atoms with E-state index in [9.17, 15) is 14.5 Å². The summed E-state index contributed by atoms with van der Waals surface area (Å²) in [7, 11) is 2.36. The lowest BCUT2D eigenvalue weighted by atomic mass is 10.1. The van der Waals surface area contributed by atoms with Crippen molar-refractivity contribution < 1.29 is 14.4 Å². The van der Waals surface area contributed by atoms with Crippen LogP contribution in [0.5, 0.6) is 5.75 Å². The van der Waals surface area contributed by atoms with E-state index in [0.717, 1.165) is 11.1 Å².